The summed E-state index contributed by atoms with van der Waals surface area (Å²) in [6.07, 6.45) is -1.07. The summed E-state index contributed by atoms with van der Waals surface area (Å²) in [7, 11) is 0. The molecule has 3 heterocycles. The Balaban J connectivity index is 1.34. The number of amides is 3. The third-order valence-electron chi connectivity index (χ3n) is 6.97. The number of H-pyrrole nitrogens is 1. The van der Waals surface area contributed by atoms with Crippen LogP contribution >= 0.6 is 0 Å². The Bertz CT molecular complexity index is 1520. The number of carbonyl (C=O) groups excluding carboxylic acids is 4. The number of hydrogen-bond donors (Lipinski definition) is 2. The highest BCUT2D eigenvalue weighted by molar-refractivity contribution is 6.05. The predicted molar refractivity (Wildman–Crippen MR) is 145 cm³/mol. The number of nitrogens with one attached hydrogen (secondary N) is 2. The van der Waals surface area contributed by atoms with Crippen LogP contribution in [0.25, 0.3) is 11.4 Å². The van der Waals surface area contributed by atoms with Crippen LogP contribution in [-0.2, 0) is 23.9 Å². The van der Waals surface area contributed by atoms with Crippen molar-refractivity contribution >= 4 is 35.1 Å². The topological polar surface area (TPSA) is 164 Å². The number of carbonyl (C=O) groups is 4. The fraction of sp³-hybridized carbons (Fsp3) is 0.357. The number of aryl methyl sites for hydroxylation is 1. The summed E-state index contributed by atoms with van der Waals surface area (Å²) < 4.78 is 15.4. The number of nitrogens with zero attached hydrogens (tertiary/aromatic N) is 3. The number of aromatic amines is 1. The zero-order valence-electron chi connectivity index (χ0n) is 22.5. The molecule has 0 spiro atoms. The molecule has 2 N–H and O–H groups in total. The van der Waals surface area contributed by atoms with E-state index in [2.05, 4.69) is 20.0 Å². The average Bonchev–Trinajstić information content (AvgIpc) is 3.65. The first-order chi connectivity index (χ1) is 19.7. The van der Waals surface area contributed by atoms with Crippen LogP contribution < -0.4 is 16.0 Å². The summed E-state index contributed by atoms with van der Waals surface area (Å²) in [4.78, 5) is 68.8. The Kier molecular flexibility index (Phi) is 7.97. The second-order valence-corrected chi connectivity index (χ2v) is 9.82. The smallest absolute Gasteiger partial charge is 0.439 e. The molecule has 2 saturated heterocycles. The molecule has 214 valence electrons. The summed E-state index contributed by atoms with van der Waals surface area (Å²) in [6, 6.07) is 11.5. The van der Waals surface area contributed by atoms with Crippen LogP contribution in [0.15, 0.2) is 51.8 Å². The van der Waals surface area contributed by atoms with Crippen molar-refractivity contribution in [1.82, 2.24) is 15.0 Å². The van der Waals surface area contributed by atoms with Gasteiger partial charge in [0.1, 0.15) is 0 Å². The van der Waals surface area contributed by atoms with Crippen molar-refractivity contribution in [2.45, 2.75) is 38.9 Å². The molecule has 2 aromatic carbocycles. The van der Waals surface area contributed by atoms with Gasteiger partial charge in [0.25, 0.3) is 17.7 Å². The molecule has 3 aromatic rings. The number of ether oxygens (including phenoxy) is 2. The Labute approximate surface area is 234 Å². The van der Waals surface area contributed by atoms with Crippen molar-refractivity contribution in [3.8, 4) is 11.4 Å². The van der Waals surface area contributed by atoms with Gasteiger partial charge in [0.05, 0.1) is 6.61 Å². The van der Waals surface area contributed by atoms with Crippen molar-refractivity contribution in [1.29, 1.82) is 0 Å². The van der Waals surface area contributed by atoms with Gasteiger partial charge in [-0.2, -0.15) is 0 Å². The minimum Gasteiger partial charge on any atom is -0.449 e. The van der Waals surface area contributed by atoms with Gasteiger partial charge in [-0.15, -0.1) is 0 Å². The van der Waals surface area contributed by atoms with Crippen LogP contribution in [0.4, 0.5) is 11.4 Å². The molecule has 3 amide bonds. The molecule has 13 nitrogen and oxygen atoms in total. The van der Waals surface area contributed by atoms with Gasteiger partial charge in [0, 0.05) is 49.1 Å². The highest BCUT2D eigenvalue weighted by atomic mass is 16.6. The Hall–Kier alpha value is -4.78. The minimum absolute atomic E-state index is 0.0787. The first-order valence-electron chi connectivity index (χ1n) is 13.2. The molecule has 1 aromatic heterocycles. The Morgan fingerprint density at radius 3 is 2.46 bits per heavy atom. The number of aromatic nitrogens is 2. The van der Waals surface area contributed by atoms with Crippen LogP contribution in [-0.4, -0.2) is 77.2 Å². The van der Waals surface area contributed by atoms with Gasteiger partial charge in [-0.1, -0.05) is 11.2 Å². The molecular weight excluding hydrogens is 534 g/mol. The molecule has 0 saturated carbocycles. The van der Waals surface area contributed by atoms with Gasteiger partial charge in [-0.25, -0.2) is 4.79 Å². The van der Waals surface area contributed by atoms with E-state index in [1.54, 1.807) is 47.4 Å². The summed E-state index contributed by atoms with van der Waals surface area (Å²) in [5, 5.41) is 6.24. The highest BCUT2D eigenvalue weighted by Crippen LogP contribution is 2.26. The molecule has 2 atom stereocenters. The van der Waals surface area contributed by atoms with Crippen molar-refractivity contribution < 1.29 is 33.2 Å². The standard InChI is InChI=1S/C28H29N5O8/c1-16-5-10-20(15-21(16)26(36)32-11-3-4-12-32)33-13-14-39-23(27(33)37)22(40-17(2)34)25(35)29-19-8-6-18(7-9-19)24-30-28(38)41-31-24/h5-10,15,22-23H,3-4,11-14H2,1-2H3,(H,29,35)(H,30,31,38)/t22-,23-/m1/s1. The van der Waals surface area contributed by atoms with Crippen LogP contribution in [0.3, 0.4) is 0 Å². The maximum absolute atomic E-state index is 13.6. The minimum atomic E-state index is -1.58. The van der Waals surface area contributed by atoms with E-state index >= 15 is 0 Å². The van der Waals surface area contributed by atoms with Gasteiger partial charge in [0.2, 0.25) is 6.10 Å². The largest absolute Gasteiger partial charge is 0.449 e. The van der Waals surface area contributed by atoms with Crippen LogP contribution in [0.1, 0.15) is 35.7 Å². The fourth-order valence-corrected chi connectivity index (χ4v) is 4.89. The zero-order valence-corrected chi connectivity index (χ0v) is 22.5. The molecule has 0 aliphatic carbocycles. The summed E-state index contributed by atoms with van der Waals surface area (Å²) in [5.41, 5.74) is 2.66. The fourth-order valence-electron chi connectivity index (χ4n) is 4.89. The van der Waals surface area contributed by atoms with E-state index in [9.17, 15) is 24.0 Å². The van der Waals surface area contributed by atoms with E-state index in [0.717, 1.165) is 25.3 Å². The summed E-state index contributed by atoms with van der Waals surface area (Å²) in [6.45, 7) is 4.64. The van der Waals surface area contributed by atoms with Gasteiger partial charge < -0.3 is 24.6 Å². The predicted octanol–water partition coefficient (Wildman–Crippen LogP) is 1.88. The number of morpholine rings is 1. The second-order valence-electron chi connectivity index (χ2n) is 9.82. The summed E-state index contributed by atoms with van der Waals surface area (Å²) in [5.74, 6) is -2.68. The number of anilines is 2. The molecule has 2 aliphatic rings. The van der Waals surface area contributed by atoms with Gasteiger partial charge in [-0.05, 0) is 61.7 Å². The molecule has 13 heteroatoms. The van der Waals surface area contributed by atoms with E-state index in [-0.39, 0.29) is 24.9 Å². The van der Waals surface area contributed by atoms with Crippen molar-refractivity contribution in [3.05, 3.63) is 64.1 Å². The van der Waals surface area contributed by atoms with Crippen molar-refractivity contribution in [2.24, 2.45) is 0 Å². The lowest BCUT2D eigenvalue weighted by molar-refractivity contribution is -0.167. The first kappa shape index (κ1) is 27.8. The monoisotopic (exact) mass is 563 g/mol. The van der Waals surface area contributed by atoms with E-state index in [1.165, 1.54) is 4.90 Å². The number of hydrogen-bond acceptors (Lipinski definition) is 9. The molecule has 2 fully saturated rings. The van der Waals surface area contributed by atoms with Crippen molar-refractivity contribution in [2.75, 3.05) is 36.5 Å². The third kappa shape index (κ3) is 6.04. The molecule has 5 rings (SSSR count). The third-order valence-corrected chi connectivity index (χ3v) is 6.97. The Morgan fingerprint density at radius 1 is 1.07 bits per heavy atom. The Morgan fingerprint density at radius 2 is 1.80 bits per heavy atom. The van der Waals surface area contributed by atoms with Gasteiger partial charge >= 0.3 is 11.7 Å². The molecular formula is C28H29N5O8. The van der Waals surface area contributed by atoms with Gasteiger partial charge in [-0.3, -0.25) is 28.7 Å². The molecule has 2 aliphatic heterocycles. The summed E-state index contributed by atoms with van der Waals surface area (Å²) >= 11 is 0. The zero-order chi connectivity index (χ0) is 29.1. The first-order valence-corrected chi connectivity index (χ1v) is 13.2. The SMILES string of the molecule is CC(=O)O[C@@H](C(=O)Nc1ccc(-c2noc(=O)[nH]2)cc1)[C@H]1OCCN(c2ccc(C)c(C(=O)N3CCCC3)c2)C1=O. The maximum Gasteiger partial charge on any atom is 0.439 e. The van der Waals surface area contributed by atoms with Crippen LogP contribution in [0.5, 0.6) is 0 Å². The van der Waals surface area contributed by atoms with E-state index in [0.29, 0.717) is 35.6 Å². The number of likely N-dealkylation sites (tertiary alicyclic amines) is 1. The average molecular weight is 564 g/mol. The van der Waals surface area contributed by atoms with Gasteiger partial charge in [0.15, 0.2) is 11.9 Å². The van der Waals surface area contributed by atoms with E-state index in [1.807, 2.05) is 6.92 Å². The maximum atomic E-state index is 13.6. The number of rotatable bonds is 7. The van der Waals surface area contributed by atoms with E-state index in [4.69, 9.17) is 9.47 Å². The molecule has 0 unspecified atom stereocenters. The lowest BCUT2D eigenvalue weighted by Crippen LogP contribution is -2.56. The van der Waals surface area contributed by atoms with Crippen LogP contribution in [0.2, 0.25) is 0 Å². The highest BCUT2D eigenvalue weighted by Gasteiger charge is 2.42. The number of esters is 1. The van der Waals surface area contributed by atoms with E-state index < -0.39 is 35.7 Å². The molecule has 0 radical (unpaired) electrons. The lowest BCUT2D eigenvalue weighted by Gasteiger charge is -2.35. The lowest BCUT2D eigenvalue weighted by atomic mass is 10.0. The van der Waals surface area contributed by atoms with Crippen molar-refractivity contribution in [3.63, 3.8) is 0 Å². The second kappa shape index (κ2) is 11.8. The molecule has 0 bridgehead atoms. The number of benzene rings is 2. The normalized spacial score (nSPS) is 17.8. The quantitative estimate of drug-likeness (QED) is 0.408. The van der Waals surface area contributed by atoms with Crippen LogP contribution in [0, 0.1) is 6.92 Å². The molecule has 41 heavy (non-hydrogen) atoms.